The Morgan fingerprint density at radius 1 is 0.265 bits per heavy atom. The monoisotopic (exact) mass is 881 g/mol. The van der Waals surface area contributed by atoms with Crippen molar-refractivity contribution in [3.63, 3.8) is 0 Å². The lowest BCUT2D eigenvalue weighted by atomic mass is 9.84. The van der Waals surface area contributed by atoms with Crippen LogP contribution in [0.2, 0.25) is 0 Å². The van der Waals surface area contributed by atoms with E-state index in [2.05, 4.69) is 266 Å². The summed E-state index contributed by atoms with van der Waals surface area (Å²) in [5.41, 5.74) is 15.4. The van der Waals surface area contributed by atoms with Gasteiger partial charge in [-0.15, -0.1) is 11.3 Å². The molecule has 318 valence electrons. The van der Waals surface area contributed by atoms with E-state index < -0.39 is 0 Å². The lowest BCUT2D eigenvalue weighted by Crippen LogP contribution is -2.11. The molecule has 0 atom stereocenters. The summed E-state index contributed by atoms with van der Waals surface area (Å²) in [5, 5.41) is 10.1. The first kappa shape index (κ1) is 39.8. The summed E-state index contributed by atoms with van der Waals surface area (Å²) in [6, 6.07) is 95.8. The molecule has 0 aliphatic heterocycles. The smallest absolute Gasteiger partial charge is 0.0540 e. The predicted octanol–water partition coefficient (Wildman–Crippen LogP) is 19.3. The van der Waals surface area contributed by atoms with Crippen molar-refractivity contribution < 1.29 is 0 Å². The van der Waals surface area contributed by atoms with Gasteiger partial charge in [-0.1, -0.05) is 212 Å². The molecule has 13 rings (SSSR count). The van der Waals surface area contributed by atoms with Crippen LogP contribution >= 0.6 is 11.3 Å². The zero-order chi connectivity index (χ0) is 45.0. The second kappa shape index (κ2) is 16.7. The number of hydrogen-bond acceptors (Lipinski definition) is 2. The van der Waals surface area contributed by atoms with E-state index in [1.165, 1.54) is 97.0 Å². The summed E-state index contributed by atoms with van der Waals surface area (Å²) in [6.07, 6.45) is 0. The minimum absolute atomic E-state index is 1.09. The second-order valence-electron chi connectivity index (χ2n) is 17.6. The zero-order valence-electron chi connectivity index (χ0n) is 37.2. The average Bonchev–Trinajstić information content (AvgIpc) is 3.80. The first-order valence-corrected chi connectivity index (χ1v) is 24.1. The second-order valence-corrected chi connectivity index (χ2v) is 18.6. The van der Waals surface area contributed by atoms with Gasteiger partial charge in [-0.3, -0.25) is 0 Å². The van der Waals surface area contributed by atoms with Crippen LogP contribution in [-0.2, 0) is 0 Å². The van der Waals surface area contributed by atoms with Crippen molar-refractivity contribution in [3.05, 3.63) is 261 Å². The largest absolute Gasteiger partial charge is 0.310 e. The van der Waals surface area contributed by atoms with Gasteiger partial charge < -0.3 is 4.90 Å². The van der Waals surface area contributed by atoms with Crippen molar-refractivity contribution in [1.29, 1.82) is 0 Å². The highest BCUT2D eigenvalue weighted by Crippen LogP contribution is 2.48. The Labute approximate surface area is 400 Å². The third-order valence-corrected chi connectivity index (χ3v) is 14.9. The topological polar surface area (TPSA) is 3.24 Å². The van der Waals surface area contributed by atoms with Crippen LogP contribution in [0.15, 0.2) is 261 Å². The summed E-state index contributed by atoms with van der Waals surface area (Å²) < 4.78 is 2.64. The fourth-order valence-electron chi connectivity index (χ4n) is 10.4. The summed E-state index contributed by atoms with van der Waals surface area (Å²) in [4.78, 5) is 2.43. The van der Waals surface area contributed by atoms with Crippen LogP contribution in [0, 0.1) is 0 Å². The molecule has 0 radical (unpaired) electrons. The van der Waals surface area contributed by atoms with Gasteiger partial charge in [0.15, 0.2) is 0 Å². The predicted molar refractivity (Wildman–Crippen MR) is 294 cm³/mol. The van der Waals surface area contributed by atoms with E-state index in [1.54, 1.807) is 0 Å². The average molecular weight is 882 g/mol. The van der Waals surface area contributed by atoms with Crippen LogP contribution in [0.1, 0.15) is 0 Å². The van der Waals surface area contributed by atoms with E-state index in [0.29, 0.717) is 0 Å². The molecule has 0 bridgehead atoms. The van der Waals surface area contributed by atoms with E-state index >= 15 is 0 Å². The maximum atomic E-state index is 2.44. The van der Waals surface area contributed by atoms with E-state index in [1.807, 2.05) is 11.3 Å². The van der Waals surface area contributed by atoms with Gasteiger partial charge in [0.25, 0.3) is 0 Å². The van der Waals surface area contributed by atoms with Gasteiger partial charge in [-0.2, -0.15) is 0 Å². The molecule has 13 aromatic rings. The van der Waals surface area contributed by atoms with Gasteiger partial charge in [-0.25, -0.2) is 0 Å². The van der Waals surface area contributed by atoms with Crippen molar-refractivity contribution in [1.82, 2.24) is 0 Å². The van der Waals surface area contributed by atoms with Crippen LogP contribution in [-0.4, -0.2) is 0 Å². The lowest BCUT2D eigenvalue weighted by molar-refractivity contribution is 1.28. The standard InChI is InChI=1S/C66H43NS/c1-3-17-47(18-4-1)64-59-25-10-9-23-56(59)57-41-36-51(43-61(57)65(64)48-19-5-2-6-20-48)54-22-11-13-28-62(54)67(52-37-32-45(33-38-52)50-31-30-44-16-7-8-21-49(44)42-50)53-39-34-46(35-40-53)55-26-15-27-60-58-24-12-14-29-63(58)68-66(55)60/h1-43H. The molecule has 2 heteroatoms. The Kier molecular flexibility index (Phi) is 9.77. The summed E-state index contributed by atoms with van der Waals surface area (Å²) in [6.45, 7) is 0. The number of hydrogen-bond donors (Lipinski definition) is 0. The van der Waals surface area contributed by atoms with E-state index in [-0.39, 0.29) is 0 Å². The quantitative estimate of drug-likeness (QED) is 0.137. The van der Waals surface area contributed by atoms with Crippen molar-refractivity contribution in [3.8, 4) is 55.6 Å². The molecule has 12 aromatic carbocycles. The highest BCUT2D eigenvalue weighted by Gasteiger charge is 2.22. The van der Waals surface area contributed by atoms with Crippen molar-refractivity contribution >= 4 is 80.9 Å². The molecular formula is C66H43NS. The van der Waals surface area contributed by atoms with Gasteiger partial charge in [-0.05, 0) is 131 Å². The van der Waals surface area contributed by atoms with Gasteiger partial charge in [0.1, 0.15) is 0 Å². The van der Waals surface area contributed by atoms with Crippen molar-refractivity contribution in [2.75, 3.05) is 4.90 Å². The fourth-order valence-corrected chi connectivity index (χ4v) is 11.7. The number of rotatable bonds is 8. The molecule has 0 unspecified atom stereocenters. The Bertz CT molecular complexity index is 4000. The fraction of sp³-hybridized carbons (Fsp3) is 0. The summed E-state index contributed by atoms with van der Waals surface area (Å²) in [5.74, 6) is 0. The molecule has 0 N–H and O–H groups in total. The molecule has 1 nitrogen and oxygen atoms in total. The third-order valence-electron chi connectivity index (χ3n) is 13.7. The van der Waals surface area contributed by atoms with E-state index in [0.717, 1.165) is 28.2 Å². The molecule has 0 aliphatic carbocycles. The molecule has 0 aliphatic rings. The molecule has 0 saturated carbocycles. The molecular weight excluding hydrogens is 839 g/mol. The van der Waals surface area contributed by atoms with Gasteiger partial charge in [0.2, 0.25) is 0 Å². The third kappa shape index (κ3) is 6.85. The van der Waals surface area contributed by atoms with Crippen LogP contribution in [0.4, 0.5) is 17.1 Å². The molecule has 0 amide bonds. The number of benzene rings is 12. The minimum Gasteiger partial charge on any atom is -0.310 e. The SMILES string of the molecule is c1ccc(-c2c(-c3ccccc3)c3cc(-c4ccccc4N(c4ccc(-c5ccc6ccccc6c5)cc4)c4ccc(-c5cccc6c5sc5ccccc56)cc4)ccc3c3ccccc23)cc1. The van der Waals surface area contributed by atoms with Gasteiger partial charge in [0.05, 0.1) is 5.69 Å². The zero-order valence-corrected chi connectivity index (χ0v) is 38.0. The Balaban J connectivity index is 0.994. The van der Waals surface area contributed by atoms with Crippen LogP contribution in [0.5, 0.6) is 0 Å². The highest BCUT2D eigenvalue weighted by atomic mass is 32.1. The number of fused-ring (bicyclic) bond motifs is 7. The maximum absolute atomic E-state index is 2.44. The van der Waals surface area contributed by atoms with Crippen LogP contribution in [0.25, 0.3) is 108 Å². The number of anilines is 3. The Hall–Kier alpha value is -8.56. The number of para-hydroxylation sites is 1. The number of thiophene rings is 1. The molecule has 68 heavy (non-hydrogen) atoms. The first-order chi connectivity index (χ1) is 33.7. The summed E-state index contributed by atoms with van der Waals surface area (Å²) >= 11 is 1.88. The van der Waals surface area contributed by atoms with Crippen molar-refractivity contribution in [2.24, 2.45) is 0 Å². The number of nitrogens with zero attached hydrogens (tertiary/aromatic N) is 1. The van der Waals surface area contributed by atoms with Gasteiger partial charge >= 0.3 is 0 Å². The summed E-state index contributed by atoms with van der Waals surface area (Å²) in [7, 11) is 0. The Morgan fingerprint density at radius 2 is 0.794 bits per heavy atom. The van der Waals surface area contributed by atoms with E-state index in [9.17, 15) is 0 Å². The van der Waals surface area contributed by atoms with Crippen LogP contribution < -0.4 is 4.90 Å². The molecule has 0 fully saturated rings. The first-order valence-electron chi connectivity index (χ1n) is 23.3. The normalized spacial score (nSPS) is 11.5. The Morgan fingerprint density at radius 3 is 1.54 bits per heavy atom. The van der Waals surface area contributed by atoms with Crippen LogP contribution in [0.3, 0.4) is 0 Å². The molecule has 0 spiro atoms. The van der Waals surface area contributed by atoms with Crippen molar-refractivity contribution in [2.45, 2.75) is 0 Å². The van der Waals surface area contributed by atoms with Gasteiger partial charge in [0, 0.05) is 37.1 Å². The molecule has 1 heterocycles. The van der Waals surface area contributed by atoms with E-state index in [4.69, 9.17) is 0 Å². The molecule has 0 saturated heterocycles. The minimum atomic E-state index is 1.09. The highest BCUT2D eigenvalue weighted by molar-refractivity contribution is 7.26. The molecule has 1 aromatic heterocycles. The maximum Gasteiger partial charge on any atom is 0.0540 e. The lowest BCUT2D eigenvalue weighted by Gasteiger charge is -2.28.